The van der Waals surface area contributed by atoms with Gasteiger partial charge < -0.3 is 14.8 Å². The van der Waals surface area contributed by atoms with Crippen LogP contribution in [-0.4, -0.2) is 25.2 Å². The van der Waals surface area contributed by atoms with Crippen molar-refractivity contribution in [3.05, 3.63) is 59.4 Å². The van der Waals surface area contributed by atoms with Crippen LogP contribution in [0.3, 0.4) is 0 Å². The highest BCUT2D eigenvalue weighted by atomic mass is 19.4. The molecule has 0 saturated carbocycles. The standard InChI is InChI=1S/C19H16F4N2O3/c1-18(17(26)25-2,11-27-14-7-4-13(20)5-8-14)28-15-6-3-12(10-24)16(9-15)19(21,22)23/h3-9H,11H2,1-2H3,(H,25,26)/t18-/m0/s1. The minimum atomic E-state index is -4.77. The van der Waals surface area contributed by atoms with Crippen LogP contribution in [-0.2, 0) is 11.0 Å². The molecular formula is C19H16F4N2O3. The summed E-state index contributed by atoms with van der Waals surface area (Å²) in [5, 5.41) is 11.2. The van der Waals surface area contributed by atoms with Crippen molar-refractivity contribution in [2.24, 2.45) is 0 Å². The maximum Gasteiger partial charge on any atom is 0.417 e. The summed E-state index contributed by atoms with van der Waals surface area (Å²) in [4.78, 5) is 12.3. The fraction of sp³-hybridized carbons (Fsp3) is 0.263. The van der Waals surface area contributed by atoms with Crippen LogP contribution in [0.2, 0.25) is 0 Å². The normalized spacial score (nSPS) is 13.2. The predicted octanol–water partition coefficient (Wildman–Crippen LogP) is 3.68. The summed E-state index contributed by atoms with van der Waals surface area (Å²) in [6.45, 7) is 0.973. The quantitative estimate of drug-likeness (QED) is 0.757. The van der Waals surface area contributed by atoms with E-state index in [1.54, 1.807) is 0 Å². The first kappa shape index (κ1) is 21.0. The third-order valence-corrected chi connectivity index (χ3v) is 3.80. The van der Waals surface area contributed by atoms with E-state index in [1.165, 1.54) is 32.2 Å². The number of halogens is 4. The smallest absolute Gasteiger partial charge is 0.417 e. The third-order valence-electron chi connectivity index (χ3n) is 3.80. The zero-order valence-corrected chi connectivity index (χ0v) is 14.9. The van der Waals surface area contributed by atoms with E-state index in [0.717, 1.165) is 24.3 Å². The van der Waals surface area contributed by atoms with Gasteiger partial charge in [0.05, 0.1) is 17.2 Å². The second-order valence-electron chi connectivity index (χ2n) is 5.97. The molecule has 0 fully saturated rings. The number of benzene rings is 2. The van der Waals surface area contributed by atoms with Crippen LogP contribution in [0, 0.1) is 17.1 Å². The lowest BCUT2D eigenvalue weighted by Gasteiger charge is -2.29. The highest BCUT2D eigenvalue weighted by Gasteiger charge is 2.38. The number of carbonyl (C=O) groups is 1. The average Bonchev–Trinajstić information content (AvgIpc) is 2.66. The van der Waals surface area contributed by atoms with E-state index in [0.29, 0.717) is 6.07 Å². The Morgan fingerprint density at radius 2 is 1.75 bits per heavy atom. The molecule has 2 aromatic carbocycles. The van der Waals surface area contributed by atoms with Crippen molar-refractivity contribution in [3.8, 4) is 17.6 Å². The van der Waals surface area contributed by atoms with Gasteiger partial charge in [-0.15, -0.1) is 0 Å². The molecule has 0 saturated heterocycles. The number of alkyl halides is 3. The number of amides is 1. The Morgan fingerprint density at radius 1 is 1.14 bits per heavy atom. The van der Waals surface area contributed by atoms with Crippen LogP contribution < -0.4 is 14.8 Å². The van der Waals surface area contributed by atoms with E-state index in [1.807, 2.05) is 0 Å². The molecule has 0 aromatic heterocycles. The van der Waals surface area contributed by atoms with Crippen molar-refractivity contribution in [1.82, 2.24) is 5.32 Å². The lowest BCUT2D eigenvalue weighted by Crippen LogP contribution is -2.52. The maximum absolute atomic E-state index is 13.1. The summed E-state index contributed by atoms with van der Waals surface area (Å²) in [6, 6.07) is 9.22. The number of hydrogen-bond donors (Lipinski definition) is 1. The van der Waals surface area contributed by atoms with Gasteiger partial charge in [0.15, 0.2) is 0 Å². The summed E-state index contributed by atoms with van der Waals surface area (Å²) in [6.07, 6.45) is -4.77. The summed E-state index contributed by atoms with van der Waals surface area (Å²) < 4.78 is 63.3. The molecule has 9 heteroatoms. The van der Waals surface area contributed by atoms with Gasteiger partial charge in [-0.05, 0) is 49.4 Å². The Morgan fingerprint density at radius 3 is 2.29 bits per heavy atom. The summed E-state index contributed by atoms with van der Waals surface area (Å²) in [7, 11) is 1.34. The Balaban J connectivity index is 2.29. The van der Waals surface area contributed by atoms with E-state index in [4.69, 9.17) is 14.7 Å². The van der Waals surface area contributed by atoms with E-state index in [-0.39, 0.29) is 18.1 Å². The molecule has 0 unspecified atom stereocenters. The Labute approximate surface area is 158 Å². The van der Waals surface area contributed by atoms with Crippen LogP contribution in [0.5, 0.6) is 11.5 Å². The maximum atomic E-state index is 13.1. The summed E-state index contributed by atoms with van der Waals surface area (Å²) >= 11 is 0. The first-order chi connectivity index (χ1) is 13.1. The Bertz CT molecular complexity index is 892. The van der Waals surface area contributed by atoms with Crippen molar-refractivity contribution in [2.75, 3.05) is 13.7 Å². The molecule has 0 bridgehead atoms. The molecule has 1 amide bonds. The van der Waals surface area contributed by atoms with Crippen LogP contribution in [0.25, 0.3) is 0 Å². The minimum absolute atomic E-state index is 0.246. The van der Waals surface area contributed by atoms with Crippen LogP contribution in [0.15, 0.2) is 42.5 Å². The van der Waals surface area contributed by atoms with Gasteiger partial charge in [-0.2, -0.15) is 18.4 Å². The van der Waals surface area contributed by atoms with Gasteiger partial charge in [0.2, 0.25) is 5.60 Å². The van der Waals surface area contributed by atoms with E-state index >= 15 is 0 Å². The second kappa shape index (κ2) is 8.17. The topological polar surface area (TPSA) is 71.3 Å². The van der Waals surface area contributed by atoms with Gasteiger partial charge >= 0.3 is 6.18 Å². The lowest BCUT2D eigenvalue weighted by atomic mass is 10.1. The number of carbonyl (C=O) groups excluding carboxylic acids is 1. The first-order valence-corrected chi connectivity index (χ1v) is 8.00. The molecule has 1 N–H and O–H groups in total. The molecule has 2 aromatic rings. The molecule has 2 rings (SSSR count). The van der Waals surface area contributed by atoms with Gasteiger partial charge in [-0.25, -0.2) is 4.39 Å². The molecule has 28 heavy (non-hydrogen) atoms. The number of nitrogens with one attached hydrogen (secondary N) is 1. The van der Waals surface area contributed by atoms with Gasteiger partial charge in [0.1, 0.15) is 23.9 Å². The van der Waals surface area contributed by atoms with Crippen LogP contribution in [0.1, 0.15) is 18.1 Å². The summed E-state index contributed by atoms with van der Waals surface area (Å²) in [5.74, 6) is -1.14. The second-order valence-corrected chi connectivity index (χ2v) is 5.97. The number of hydrogen-bond acceptors (Lipinski definition) is 4. The molecule has 0 aliphatic rings. The molecule has 0 radical (unpaired) electrons. The van der Waals surface area contributed by atoms with Gasteiger partial charge in [-0.1, -0.05) is 0 Å². The molecule has 0 spiro atoms. The molecule has 1 atom stereocenters. The Hall–Kier alpha value is -3.28. The number of nitrogens with zero attached hydrogens (tertiary/aromatic N) is 1. The lowest BCUT2D eigenvalue weighted by molar-refractivity contribution is -0.138. The number of ether oxygens (including phenoxy) is 2. The van der Waals surface area contributed by atoms with E-state index in [9.17, 15) is 22.4 Å². The van der Waals surface area contributed by atoms with Crippen molar-refractivity contribution < 1.29 is 31.8 Å². The minimum Gasteiger partial charge on any atom is -0.489 e. The highest BCUT2D eigenvalue weighted by molar-refractivity contribution is 5.85. The zero-order valence-electron chi connectivity index (χ0n) is 14.9. The Kier molecular flexibility index (Phi) is 6.13. The number of likely N-dealkylation sites (N-methyl/N-ethyl adjacent to an activating group) is 1. The van der Waals surface area contributed by atoms with Crippen molar-refractivity contribution >= 4 is 5.91 Å². The molecule has 0 aliphatic carbocycles. The van der Waals surface area contributed by atoms with E-state index in [2.05, 4.69) is 5.32 Å². The fourth-order valence-corrected chi connectivity index (χ4v) is 2.34. The van der Waals surface area contributed by atoms with Gasteiger partial charge in [0.25, 0.3) is 5.91 Å². The van der Waals surface area contributed by atoms with Crippen LogP contribution in [0.4, 0.5) is 17.6 Å². The predicted molar refractivity (Wildman–Crippen MR) is 91.2 cm³/mol. The largest absolute Gasteiger partial charge is 0.489 e. The fourth-order valence-electron chi connectivity index (χ4n) is 2.34. The van der Waals surface area contributed by atoms with Crippen molar-refractivity contribution in [1.29, 1.82) is 5.26 Å². The van der Waals surface area contributed by atoms with Gasteiger partial charge in [0, 0.05) is 7.05 Å². The molecule has 148 valence electrons. The first-order valence-electron chi connectivity index (χ1n) is 8.00. The number of nitriles is 1. The van der Waals surface area contributed by atoms with Crippen molar-refractivity contribution in [3.63, 3.8) is 0 Å². The average molecular weight is 396 g/mol. The molecule has 5 nitrogen and oxygen atoms in total. The highest BCUT2D eigenvalue weighted by Crippen LogP contribution is 2.35. The molecular weight excluding hydrogens is 380 g/mol. The van der Waals surface area contributed by atoms with Gasteiger partial charge in [-0.3, -0.25) is 4.79 Å². The summed E-state index contributed by atoms with van der Waals surface area (Å²) in [5.41, 5.74) is -3.43. The number of rotatable bonds is 6. The SMILES string of the molecule is CNC(=O)[C@](C)(COc1ccc(F)cc1)Oc1ccc(C#N)c(C(F)(F)F)c1. The monoisotopic (exact) mass is 396 g/mol. The van der Waals surface area contributed by atoms with Crippen LogP contribution >= 0.6 is 0 Å². The van der Waals surface area contributed by atoms with Crippen molar-refractivity contribution in [2.45, 2.75) is 18.7 Å². The zero-order chi connectivity index (χ0) is 20.9. The molecule has 0 heterocycles. The third kappa shape index (κ3) is 4.91. The molecule has 0 aliphatic heterocycles. The van der Waals surface area contributed by atoms with E-state index < -0.39 is 34.6 Å².